The Morgan fingerprint density at radius 3 is 2.43 bits per heavy atom. The summed E-state index contributed by atoms with van der Waals surface area (Å²) in [5.74, 6) is -1.51. The summed E-state index contributed by atoms with van der Waals surface area (Å²) >= 11 is 5.76. The molecule has 2 rings (SSSR count). The molecule has 0 spiro atoms. The van der Waals surface area contributed by atoms with Crippen molar-refractivity contribution in [3.8, 4) is 0 Å². The smallest absolute Gasteiger partial charge is 0.271 e. The highest BCUT2D eigenvalue weighted by molar-refractivity contribution is 6.33. The Morgan fingerprint density at radius 1 is 1.05 bits per heavy atom. The molecule has 0 fully saturated rings. The first-order valence-corrected chi connectivity index (χ1v) is 6.52. The van der Waals surface area contributed by atoms with E-state index < -0.39 is 11.7 Å². The van der Waals surface area contributed by atoms with Gasteiger partial charge in [-0.05, 0) is 23.8 Å². The van der Waals surface area contributed by atoms with Crippen molar-refractivity contribution in [1.82, 2.24) is 10.9 Å². The predicted octanol–water partition coefficient (Wildman–Crippen LogP) is 2.48. The van der Waals surface area contributed by atoms with E-state index >= 15 is 0 Å². The van der Waals surface area contributed by atoms with Gasteiger partial charge < -0.3 is 0 Å². The number of hydrogen-bond donors (Lipinski definition) is 2. The Morgan fingerprint density at radius 2 is 1.76 bits per heavy atom. The van der Waals surface area contributed by atoms with Crippen molar-refractivity contribution >= 4 is 23.4 Å². The quantitative estimate of drug-likeness (QED) is 0.856. The highest BCUT2D eigenvalue weighted by Crippen LogP contribution is 2.16. The summed E-state index contributed by atoms with van der Waals surface area (Å²) in [6.45, 7) is 0. The number of amides is 2. The molecule has 4 nitrogen and oxygen atoms in total. The van der Waals surface area contributed by atoms with Crippen LogP contribution in [0.1, 0.15) is 15.9 Å². The average molecular weight is 307 g/mol. The molecule has 2 N–H and O–H groups in total. The second kappa shape index (κ2) is 6.85. The molecule has 0 heterocycles. The molecular weight excluding hydrogens is 295 g/mol. The molecule has 2 aromatic rings. The van der Waals surface area contributed by atoms with E-state index in [-0.39, 0.29) is 22.9 Å². The summed E-state index contributed by atoms with van der Waals surface area (Å²) in [7, 11) is 0. The second-order valence-electron chi connectivity index (χ2n) is 4.29. The molecule has 6 heteroatoms. The number of benzene rings is 2. The molecule has 0 aliphatic rings. The second-order valence-corrected chi connectivity index (χ2v) is 4.70. The summed E-state index contributed by atoms with van der Waals surface area (Å²) in [6.07, 6.45) is 0.137. The topological polar surface area (TPSA) is 58.2 Å². The standard InChI is InChI=1S/C15H12ClFN2O2/c16-13-9-11(17)6-7-12(13)15(21)19-18-14(20)8-10-4-2-1-3-5-10/h1-7,9H,8H2,(H,18,20)(H,19,21). The maximum atomic E-state index is 12.9. The SMILES string of the molecule is O=C(Cc1ccccc1)NNC(=O)c1ccc(F)cc1Cl. The van der Waals surface area contributed by atoms with Gasteiger partial charge >= 0.3 is 0 Å². The number of rotatable bonds is 3. The van der Waals surface area contributed by atoms with Crippen LogP contribution >= 0.6 is 11.6 Å². The van der Waals surface area contributed by atoms with Crippen LogP contribution in [0, 0.1) is 5.82 Å². The Hall–Kier alpha value is -2.40. The number of carbonyl (C=O) groups excluding carboxylic acids is 2. The molecule has 2 aromatic carbocycles. The lowest BCUT2D eigenvalue weighted by molar-refractivity contribution is -0.121. The van der Waals surface area contributed by atoms with Crippen molar-refractivity contribution in [1.29, 1.82) is 0 Å². The van der Waals surface area contributed by atoms with Gasteiger partial charge in [-0.2, -0.15) is 0 Å². The van der Waals surface area contributed by atoms with E-state index in [0.29, 0.717) is 0 Å². The van der Waals surface area contributed by atoms with Gasteiger partial charge in [0.15, 0.2) is 0 Å². The lowest BCUT2D eigenvalue weighted by atomic mass is 10.1. The van der Waals surface area contributed by atoms with Crippen LogP contribution in [0.3, 0.4) is 0 Å². The molecule has 0 aliphatic carbocycles. The first-order valence-electron chi connectivity index (χ1n) is 6.14. The van der Waals surface area contributed by atoms with E-state index in [2.05, 4.69) is 10.9 Å². The minimum Gasteiger partial charge on any atom is -0.273 e. The predicted molar refractivity (Wildman–Crippen MR) is 77.2 cm³/mol. The summed E-state index contributed by atoms with van der Waals surface area (Å²) in [6, 6.07) is 12.5. The summed E-state index contributed by atoms with van der Waals surface area (Å²) in [5, 5.41) is -0.0233. The van der Waals surface area contributed by atoms with E-state index in [1.54, 1.807) is 12.1 Å². The van der Waals surface area contributed by atoms with Gasteiger partial charge in [-0.15, -0.1) is 0 Å². The molecule has 2 amide bonds. The van der Waals surface area contributed by atoms with Crippen molar-refractivity contribution in [2.24, 2.45) is 0 Å². The van der Waals surface area contributed by atoms with E-state index in [0.717, 1.165) is 17.7 Å². The maximum absolute atomic E-state index is 12.9. The molecule has 21 heavy (non-hydrogen) atoms. The molecule has 0 atom stereocenters. The fourth-order valence-electron chi connectivity index (χ4n) is 1.69. The first kappa shape index (κ1) is 15.0. The van der Waals surface area contributed by atoms with Gasteiger partial charge in [-0.25, -0.2) is 4.39 Å². The number of hydrazine groups is 1. The van der Waals surface area contributed by atoms with Crippen LogP contribution < -0.4 is 10.9 Å². The highest BCUT2D eigenvalue weighted by atomic mass is 35.5. The molecule has 0 radical (unpaired) electrons. The third-order valence-corrected chi connectivity index (χ3v) is 3.01. The zero-order valence-corrected chi connectivity index (χ0v) is 11.7. The van der Waals surface area contributed by atoms with Crippen LogP contribution in [-0.4, -0.2) is 11.8 Å². The van der Waals surface area contributed by atoms with Crippen molar-refractivity contribution in [3.05, 3.63) is 70.5 Å². The number of halogens is 2. The Balaban J connectivity index is 1.90. The summed E-state index contributed by atoms with van der Waals surface area (Å²) in [4.78, 5) is 23.5. The number of carbonyl (C=O) groups is 2. The van der Waals surface area contributed by atoms with Crippen LogP contribution in [0.2, 0.25) is 5.02 Å². The van der Waals surface area contributed by atoms with Crippen molar-refractivity contribution in [3.63, 3.8) is 0 Å². The van der Waals surface area contributed by atoms with Gasteiger partial charge in [0, 0.05) is 0 Å². The molecule has 0 aliphatic heterocycles. The number of nitrogens with one attached hydrogen (secondary N) is 2. The molecule has 0 saturated heterocycles. The van der Waals surface area contributed by atoms with Crippen molar-refractivity contribution in [2.75, 3.05) is 0 Å². The van der Waals surface area contributed by atoms with Crippen molar-refractivity contribution < 1.29 is 14.0 Å². The first-order chi connectivity index (χ1) is 10.1. The van der Waals surface area contributed by atoms with Gasteiger partial charge in [0.2, 0.25) is 5.91 Å². The molecule has 0 aromatic heterocycles. The van der Waals surface area contributed by atoms with E-state index in [1.807, 2.05) is 18.2 Å². The lowest BCUT2D eigenvalue weighted by Gasteiger charge is -2.08. The van der Waals surface area contributed by atoms with Gasteiger partial charge in [0.1, 0.15) is 5.82 Å². The van der Waals surface area contributed by atoms with Gasteiger partial charge in [0.25, 0.3) is 5.91 Å². The average Bonchev–Trinajstić information content (AvgIpc) is 2.46. The maximum Gasteiger partial charge on any atom is 0.271 e. The molecule has 0 unspecified atom stereocenters. The Bertz CT molecular complexity index is 662. The van der Waals surface area contributed by atoms with Crippen molar-refractivity contribution in [2.45, 2.75) is 6.42 Å². The zero-order chi connectivity index (χ0) is 15.2. The summed E-state index contributed by atoms with van der Waals surface area (Å²) < 4.78 is 12.9. The fourth-order valence-corrected chi connectivity index (χ4v) is 1.95. The van der Waals surface area contributed by atoms with Gasteiger partial charge in [-0.1, -0.05) is 41.9 Å². The minimum atomic E-state index is -0.610. The van der Waals surface area contributed by atoms with Crippen LogP contribution in [0.5, 0.6) is 0 Å². The normalized spacial score (nSPS) is 10.0. The summed E-state index contributed by atoms with van der Waals surface area (Å²) in [5.41, 5.74) is 5.42. The monoisotopic (exact) mass is 306 g/mol. The molecule has 0 saturated carbocycles. The van der Waals surface area contributed by atoms with Crippen LogP contribution in [0.25, 0.3) is 0 Å². The Labute approximate surface area is 125 Å². The molecule has 0 bridgehead atoms. The lowest BCUT2D eigenvalue weighted by Crippen LogP contribution is -2.42. The Kier molecular flexibility index (Phi) is 4.90. The van der Waals surface area contributed by atoms with Crippen LogP contribution in [0.4, 0.5) is 4.39 Å². The van der Waals surface area contributed by atoms with E-state index in [1.165, 1.54) is 6.07 Å². The minimum absolute atomic E-state index is 0.0233. The van der Waals surface area contributed by atoms with Crippen LogP contribution in [0.15, 0.2) is 48.5 Å². The highest BCUT2D eigenvalue weighted by Gasteiger charge is 2.12. The fraction of sp³-hybridized carbons (Fsp3) is 0.0667. The van der Waals surface area contributed by atoms with E-state index in [9.17, 15) is 14.0 Å². The molecular formula is C15H12ClFN2O2. The van der Waals surface area contributed by atoms with Gasteiger partial charge in [0.05, 0.1) is 17.0 Å². The third-order valence-electron chi connectivity index (χ3n) is 2.70. The third kappa shape index (κ3) is 4.29. The molecule has 108 valence electrons. The largest absolute Gasteiger partial charge is 0.273 e. The van der Waals surface area contributed by atoms with E-state index in [4.69, 9.17) is 11.6 Å². The van der Waals surface area contributed by atoms with Crippen LogP contribution in [-0.2, 0) is 11.2 Å². The number of hydrogen-bond acceptors (Lipinski definition) is 2. The van der Waals surface area contributed by atoms with Gasteiger partial charge in [-0.3, -0.25) is 20.4 Å². The zero-order valence-electron chi connectivity index (χ0n) is 10.9.